The third-order valence-corrected chi connectivity index (χ3v) is 5.12. The van der Waals surface area contributed by atoms with E-state index in [1.54, 1.807) is 18.9 Å². The number of aliphatic hydroxyl groups excluding tert-OH is 1. The summed E-state index contributed by atoms with van der Waals surface area (Å²) in [6, 6.07) is 5.80. The van der Waals surface area contributed by atoms with Crippen LogP contribution in [0.5, 0.6) is 11.5 Å². The van der Waals surface area contributed by atoms with Gasteiger partial charge in [-0.3, -0.25) is 0 Å². The smallest absolute Gasteiger partial charge is 0.409 e. The Morgan fingerprint density at radius 3 is 2.46 bits per heavy atom. The molecule has 3 atom stereocenters. The summed E-state index contributed by atoms with van der Waals surface area (Å²) in [5.74, 6) is 1.27. The first-order chi connectivity index (χ1) is 12.0. The zero-order valence-corrected chi connectivity index (χ0v) is 16.8. The average Bonchev–Trinajstić information content (AvgIpc) is 2.92. The predicted octanol–water partition coefficient (Wildman–Crippen LogP) is 3.43. The summed E-state index contributed by atoms with van der Waals surface area (Å²) in [6.07, 6.45) is -0.963. The van der Waals surface area contributed by atoms with Crippen molar-refractivity contribution in [1.82, 2.24) is 4.90 Å². The predicted molar refractivity (Wildman–Crippen MR) is 99.9 cm³/mol. The molecule has 0 saturated carbocycles. The number of ether oxygens (including phenoxy) is 3. The molecule has 2 rings (SSSR count). The van der Waals surface area contributed by atoms with Crippen molar-refractivity contribution < 1.29 is 24.1 Å². The molecule has 1 heterocycles. The average molecular weight is 365 g/mol. The van der Waals surface area contributed by atoms with Gasteiger partial charge in [-0.1, -0.05) is 13.0 Å². The number of amides is 1. The molecule has 1 fully saturated rings. The van der Waals surface area contributed by atoms with Gasteiger partial charge in [0.1, 0.15) is 5.60 Å². The molecule has 146 valence electrons. The molecule has 1 N–H and O–H groups in total. The number of carbonyl (C=O) groups excluding carboxylic acids is 1. The second-order valence-corrected chi connectivity index (χ2v) is 8.21. The van der Waals surface area contributed by atoms with E-state index in [-0.39, 0.29) is 17.6 Å². The normalized spacial score (nSPS) is 24.3. The minimum Gasteiger partial charge on any atom is -0.493 e. The molecule has 1 amide bonds. The Morgan fingerprint density at radius 2 is 1.96 bits per heavy atom. The van der Waals surface area contributed by atoms with Crippen molar-refractivity contribution in [3.63, 3.8) is 0 Å². The third kappa shape index (κ3) is 4.06. The lowest BCUT2D eigenvalue weighted by molar-refractivity contribution is 0.0469. The Bertz CT molecular complexity index is 652. The van der Waals surface area contributed by atoms with Crippen molar-refractivity contribution in [2.24, 2.45) is 5.41 Å². The molecule has 0 aliphatic carbocycles. The molecule has 26 heavy (non-hydrogen) atoms. The van der Waals surface area contributed by atoms with Crippen molar-refractivity contribution in [1.29, 1.82) is 0 Å². The highest BCUT2D eigenvalue weighted by molar-refractivity contribution is 5.68. The van der Waals surface area contributed by atoms with Crippen LogP contribution in [0.15, 0.2) is 18.2 Å². The first-order valence-corrected chi connectivity index (χ1v) is 8.89. The molecular weight excluding hydrogens is 334 g/mol. The van der Waals surface area contributed by atoms with E-state index in [1.807, 2.05) is 45.9 Å². The zero-order valence-electron chi connectivity index (χ0n) is 16.8. The van der Waals surface area contributed by atoms with E-state index in [0.29, 0.717) is 24.6 Å². The van der Waals surface area contributed by atoms with Gasteiger partial charge in [0.15, 0.2) is 11.5 Å². The van der Waals surface area contributed by atoms with Gasteiger partial charge in [0.25, 0.3) is 0 Å². The lowest BCUT2D eigenvalue weighted by atomic mass is 9.72. The van der Waals surface area contributed by atoms with Crippen molar-refractivity contribution in [2.75, 3.05) is 27.3 Å². The van der Waals surface area contributed by atoms with Crippen LogP contribution in [0.25, 0.3) is 0 Å². The summed E-state index contributed by atoms with van der Waals surface area (Å²) < 4.78 is 16.4. The quantitative estimate of drug-likeness (QED) is 0.885. The fourth-order valence-electron chi connectivity index (χ4n) is 3.51. The minimum atomic E-state index is -0.587. The van der Waals surface area contributed by atoms with Crippen LogP contribution < -0.4 is 9.47 Å². The largest absolute Gasteiger partial charge is 0.493 e. The van der Waals surface area contributed by atoms with Gasteiger partial charge in [0, 0.05) is 24.4 Å². The summed E-state index contributed by atoms with van der Waals surface area (Å²) in [5.41, 5.74) is 0.148. The number of methoxy groups -OCH3 is 2. The van der Waals surface area contributed by atoms with Crippen molar-refractivity contribution in [2.45, 2.75) is 52.2 Å². The second kappa shape index (κ2) is 7.35. The van der Waals surface area contributed by atoms with Crippen LogP contribution in [0.4, 0.5) is 4.79 Å². The molecule has 1 aliphatic heterocycles. The molecule has 0 bridgehead atoms. The summed E-state index contributed by atoms with van der Waals surface area (Å²) in [7, 11) is 2.98. The molecule has 6 heteroatoms. The highest BCUT2D eigenvalue weighted by Gasteiger charge is 2.48. The van der Waals surface area contributed by atoms with Crippen LogP contribution in [0.2, 0.25) is 0 Å². The van der Waals surface area contributed by atoms with Crippen molar-refractivity contribution in [3.05, 3.63) is 23.8 Å². The maximum atomic E-state index is 12.0. The Hall–Kier alpha value is -1.95. The van der Waals surface area contributed by atoms with Crippen LogP contribution >= 0.6 is 0 Å². The Kier molecular flexibility index (Phi) is 5.76. The standard InChI is InChI=1S/C20H31NO5/c1-13(22)20(5)12-21(18(23)25-7)11-15(20)14-8-9-16(24-6)17(10-14)26-19(2,3)4/h8-10,13,15,22H,11-12H2,1-7H3/t13-,15?,20?/m1/s1. The monoisotopic (exact) mass is 365 g/mol. The molecule has 6 nitrogen and oxygen atoms in total. The molecule has 1 aromatic carbocycles. The molecule has 1 aromatic rings. The van der Waals surface area contributed by atoms with Gasteiger partial charge >= 0.3 is 6.09 Å². The number of likely N-dealkylation sites (tertiary alicyclic amines) is 1. The lowest BCUT2D eigenvalue weighted by Gasteiger charge is -2.34. The van der Waals surface area contributed by atoms with Gasteiger partial charge in [-0.25, -0.2) is 4.79 Å². The van der Waals surface area contributed by atoms with E-state index >= 15 is 0 Å². The van der Waals surface area contributed by atoms with Crippen molar-refractivity contribution >= 4 is 6.09 Å². The maximum absolute atomic E-state index is 12.0. The van der Waals surface area contributed by atoms with Crippen LogP contribution in [0, 0.1) is 5.41 Å². The Balaban J connectivity index is 2.44. The molecule has 1 saturated heterocycles. The molecule has 0 spiro atoms. The minimum absolute atomic E-state index is 0.0465. The first kappa shape index (κ1) is 20.4. The van der Waals surface area contributed by atoms with E-state index < -0.39 is 11.5 Å². The number of aliphatic hydroxyl groups is 1. The van der Waals surface area contributed by atoms with Crippen LogP contribution in [-0.2, 0) is 4.74 Å². The molecule has 1 aliphatic rings. The van der Waals surface area contributed by atoms with E-state index in [2.05, 4.69) is 0 Å². The number of hydrogen-bond acceptors (Lipinski definition) is 5. The Morgan fingerprint density at radius 1 is 1.31 bits per heavy atom. The highest BCUT2D eigenvalue weighted by Crippen LogP contribution is 2.47. The fraction of sp³-hybridized carbons (Fsp3) is 0.650. The maximum Gasteiger partial charge on any atom is 0.409 e. The summed E-state index contributed by atoms with van der Waals surface area (Å²) in [6.45, 7) is 10.6. The topological polar surface area (TPSA) is 68.2 Å². The number of benzene rings is 1. The molecule has 0 radical (unpaired) electrons. The Labute approximate surface area is 156 Å². The number of nitrogens with zero attached hydrogens (tertiary/aromatic N) is 1. The van der Waals surface area contributed by atoms with Gasteiger partial charge in [0.2, 0.25) is 0 Å². The van der Waals surface area contributed by atoms with E-state index in [0.717, 1.165) is 5.56 Å². The summed E-state index contributed by atoms with van der Waals surface area (Å²) >= 11 is 0. The lowest BCUT2D eigenvalue weighted by Crippen LogP contribution is -2.38. The highest BCUT2D eigenvalue weighted by atomic mass is 16.5. The molecular formula is C20H31NO5. The molecule has 0 aromatic heterocycles. The third-order valence-electron chi connectivity index (χ3n) is 5.12. The van der Waals surface area contributed by atoms with Gasteiger partial charge in [0.05, 0.1) is 20.3 Å². The SMILES string of the molecule is COC(=O)N1CC(c2ccc(OC)c(OC(C)(C)C)c2)C(C)([C@@H](C)O)C1. The molecule has 2 unspecified atom stereocenters. The fourth-order valence-corrected chi connectivity index (χ4v) is 3.51. The summed E-state index contributed by atoms with van der Waals surface area (Å²) in [5, 5.41) is 10.4. The van der Waals surface area contributed by atoms with Gasteiger partial charge < -0.3 is 24.2 Å². The van der Waals surface area contributed by atoms with Crippen LogP contribution in [0.1, 0.15) is 46.1 Å². The van der Waals surface area contributed by atoms with Crippen LogP contribution in [0.3, 0.4) is 0 Å². The zero-order chi connectivity index (χ0) is 19.7. The van der Waals surface area contributed by atoms with Gasteiger partial charge in [-0.2, -0.15) is 0 Å². The van der Waals surface area contributed by atoms with Crippen molar-refractivity contribution in [3.8, 4) is 11.5 Å². The second-order valence-electron chi connectivity index (χ2n) is 8.21. The van der Waals surface area contributed by atoms with Gasteiger partial charge in [-0.15, -0.1) is 0 Å². The van der Waals surface area contributed by atoms with Gasteiger partial charge in [-0.05, 0) is 45.4 Å². The van der Waals surface area contributed by atoms with E-state index in [1.165, 1.54) is 7.11 Å². The number of rotatable bonds is 4. The van der Waals surface area contributed by atoms with E-state index in [9.17, 15) is 9.90 Å². The number of carbonyl (C=O) groups is 1. The van der Waals surface area contributed by atoms with E-state index in [4.69, 9.17) is 14.2 Å². The number of hydrogen-bond donors (Lipinski definition) is 1. The first-order valence-electron chi connectivity index (χ1n) is 8.89. The van der Waals surface area contributed by atoms with Crippen LogP contribution in [-0.4, -0.2) is 55.1 Å². The summed E-state index contributed by atoms with van der Waals surface area (Å²) in [4.78, 5) is 13.7.